The van der Waals surface area contributed by atoms with Crippen LogP contribution < -0.4 is 10.5 Å². The molecule has 1 unspecified atom stereocenters. The van der Waals surface area contributed by atoms with Crippen LogP contribution in [0.1, 0.15) is 62.5 Å². The van der Waals surface area contributed by atoms with Crippen LogP contribution in [0.4, 0.5) is 10.2 Å². The van der Waals surface area contributed by atoms with Gasteiger partial charge in [-0.2, -0.15) is 0 Å². The molecule has 2 amide bonds. The predicted molar refractivity (Wildman–Crippen MR) is 175 cm³/mol. The van der Waals surface area contributed by atoms with Gasteiger partial charge in [-0.15, -0.1) is 0 Å². The van der Waals surface area contributed by atoms with Crippen molar-refractivity contribution in [3.05, 3.63) is 101 Å². The first-order chi connectivity index (χ1) is 21.8. The molecule has 0 radical (unpaired) electrons. The molecule has 11 heteroatoms. The average molecular weight is 650 g/mol. The summed E-state index contributed by atoms with van der Waals surface area (Å²) in [5, 5.41) is 3.86. The van der Waals surface area contributed by atoms with Gasteiger partial charge in [0.25, 0.3) is 15.9 Å². The van der Waals surface area contributed by atoms with Gasteiger partial charge >= 0.3 is 5.91 Å². The minimum absolute atomic E-state index is 0.00626. The van der Waals surface area contributed by atoms with E-state index in [9.17, 15) is 22.4 Å². The molecule has 0 saturated carbocycles. The van der Waals surface area contributed by atoms with Gasteiger partial charge in [0.2, 0.25) is 0 Å². The molecule has 0 bridgehead atoms. The Kier molecular flexibility index (Phi) is 10.8. The summed E-state index contributed by atoms with van der Waals surface area (Å²) in [6.07, 6.45) is 1.59. The Morgan fingerprint density at radius 1 is 0.957 bits per heavy atom. The molecule has 1 aromatic heterocycles. The fourth-order valence-electron chi connectivity index (χ4n) is 6.04. The highest BCUT2D eigenvalue weighted by Crippen LogP contribution is 2.37. The maximum Gasteiger partial charge on any atom is 0.314 e. The topological polar surface area (TPSA) is 132 Å². The SMILES string of the molecule is CCCCC(=O)[N+](Cc1ccc(F)cc1)(Cc1ccccc1-c1ccccc1S(=O)(=O)Nc1noc(C)c1C)[C@H](C(N)=O)C(C)C. The molecular formula is C35H42FN4O5S+. The van der Waals surface area contributed by atoms with Crippen molar-refractivity contribution in [2.75, 3.05) is 4.72 Å². The third kappa shape index (κ3) is 7.37. The van der Waals surface area contributed by atoms with Crippen molar-refractivity contribution in [3.63, 3.8) is 0 Å². The number of aryl methyl sites for hydroxylation is 1. The Morgan fingerprint density at radius 3 is 2.17 bits per heavy atom. The second-order valence-corrected chi connectivity index (χ2v) is 13.7. The van der Waals surface area contributed by atoms with E-state index in [1.54, 1.807) is 56.3 Å². The molecule has 3 N–H and O–H groups in total. The summed E-state index contributed by atoms with van der Waals surface area (Å²) in [5.74, 6) is -0.932. The normalized spacial score (nSPS) is 13.7. The molecule has 0 aliphatic heterocycles. The third-order valence-electron chi connectivity index (χ3n) is 8.40. The molecule has 0 spiro atoms. The number of halogens is 1. The number of nitrogens with zero attached hydrogens (tertiary/aromatic N) is 2. The van der Waals surface area contributed by atoms with Gasteiger partial charge in [-0.25, -0.2) is 22.1 Å². The first kappa shape index (κ1) is 34.5. The lowest BCUT2D eigenvalue weighted by molar-refractivity contribution is -0.900. The van der Waals surface area contributed by atoms with Crippen LogP contribution >= 0.6 is 0 Å². The number of hydrogen-bond acceptors (Lipinski definition) is 6. The van der Waals surface area contributed by atoms with E-state index in [4.69, 9.17) is 10.3 Å². The molecule has 0 saturated heterocycles. The van der Waals surface area contributed by atoms with Gasteiger partial charge in [0, 0.05) is 28.2 Å². The van der Waals surface area contributed by atoms with Crippen molar-refractivity contribution in [1.82, 2.24) is 5.16 Å². The van der Waals surface area contributed by atoms with E-state index in [1.165, 1.54) is 18.2 Å². The predicted octanol–water partition coefficient (Wildman–Crippen LogP) is 6.64. The van der Waals surface area contributed by atoms with Crippen LogP contribution in [0.5, 0.6) is 0 Å². The Labute approximate surface area is 270 Å². The van der Waals surface area contributed by atoms with E-state index >= 15 is 0 Å². The number of primary amides is 1. The van der Waals surface area contributed by atoms with Crippen LogP contribution in [0.15, 0.2) is 82.2 Å². The number of nitrogens with one attached hydrogen (secondary N) is 1. The van der Waals surface area contributed by atoms with E-state index in [-0.39, 0.29) is 46.5 Å². The molecule has 2 atom stereocenters. The summed E-state index contributed by atoms with van der Waals surface area (Å²) < 4.78 is 48.9. The van der Waals surface area contributed by atoms with Crippen LogP contribution in [0, 0.1) is 25.6 Å². The van der Waals surface area contributed by atoms with Gasteiger partial charge in [0.15, 0.2) is 11.9 Å². The molecule has 244 valence electrons. The standard InChI is InChI=1S/C35H41FN4O5S/c1-6-7-16-32(41)40(33(23(2)3)34(37)42,21-26-17-19-28(36)20-18-26)22-27-12-8-9-13-29(27)30-14-10-11-15-31(30)46(43,44)39-35-24(4)25(5)45-38-35/h8-15,17-20,23,33H,6-7,16,21-22H2,1-5H3,(H2-,37,38,39,42)/p+1/t33-,40?/m0/s1. The molecule has 0 fully saturated rings. The maximum absolute atomic E-state index is 14.4. The quantitative estimate of drug-likeness (QED) is 0.147. The molecule has 46 heavy (non-hydrogen) atoms. The number of carbonyl (C=O) groups excluding carboxylic acids is 2. The molecule has 0 aliphatic carbocycles. The highest BCUT2D eigenvalue weighted by Gasteiger charge is 2.49. The molecule has 1 heterocycles. The van der Waals surface area contributed by atoms with Gasteiger partial charge in [0.05, 0.1) is 11.3 Å². The lowest BCUT2D eigenvalue weighted by Crippen LogP contribution is -2.64. The summed E-state index contributed by atoms with van der Waals surface area (Å²) in [4.78, 5) is 27.7. The Bertz CT molecular complexity index is 1800. The van der Waals surface area contributed by atoms with Crippen molar-refractivity contribution in [2.45, 2.75) is 77.9 Å². The Morgan fingerprint density at radius 2 is 1.59 bits per heavy atom. The second kappa shape index (κ2) is 14.4. The highest BCUT2D eigenvalue weighted by atomic mass is 32.2. The van der Waals surface area contributed by atoms with E-state index in [1.807, 2.05) is 32.9 Å². The van der Waals surface area contributed by atoms with Crippen molar-refractivity contribution in [1.29, 1.82) is 0 Å². The monoisotopic (exact) mass is 649 g/mol. The molecule has 4 aromatic rings. The van der Waals surface area contributed by atoms with Crippen molar-refractivity contribution >= 4 is 27.7 Å². The summed E-state index contributed by atoms with van der Waals surface area (Å²) >= 11 is 0. The number of benzene rings is 3. The van der Waals surface area contributed by atoms with Gasteiger partial charge in [0.1, 0.15) is 24.7 Å². The number of quaternary nitrogens is 1. The third-order valence-corrected chi connectivity index (χ3v) is 9.80. The number of amides is 2. The number of carbonyl (C=O) groups is 2. The van der Waals surface area contributed by atoms with E-state index in [0.717, 1.165) is 6.42 Å². The van der Waals surface area contributed by atoms with Crippen LogP contribution in [-0.2, 0) is 32.7 Å². The summed E-state index contributed by atoms with van der Waals surface area (Å²) in [7, 11) is -4.14. The lowest BCUT2D eigenvalue weighted by Gasteiger charge is -2.43. The van der Waals surface area contributed by atoms with Crippen molar-refractivity contribution in [3.8, 4) is 11.1 Å². The largest absolute Gasteiger partial charge is 0.364 e. The number of anilines is 1. The smallest absolute Gasteiger partial charge is 0.314 e. The fourth-order valence-corrected chi connectivity index (χ4v) is 7.32. The van der Waals surface area contributed by atoms with Crippen LogP contribution in [0.25, 0.3) is 11.1 Å². The number of rotatable bonds is 14. The van der Waals surface area contributed by atoms with Crippen LogP contribution in [0.2, 0.25) is 0 Å². The number of aromatic nitrogens is 1. The van der Waals surface area contributed by atoms with Crippen molar-refractivity contribution in [2.24, 2.45) is 11.7 Å². The number of unbranched alkanes of at least 4 members (excludes halogenated alkanes) is 1. The number of sulfonamides is 1. The minimum Gasteiger partial charge on any atom is -0.364 e. The molecule has 3 aromatic carbocycles. The van der Waals surface area contributed by atoms with Crippen molar-refractivity contribution < 1.29 is 31.4 Å². The average Bonchev–Trinajstić information content (AvgIpc) is 3.32. The second-order valence-electron chi connectivity index (χ2n) is 12.0. The fraction of sp³-hybridized carbons (Fsp3) is 0.343. The van der Waals surface area contributed by atoms with Gasteiger partial charge in [-0.3, -0.25) is 9.52 Å². The Balaban J connectivity index is 1.91. The first-order valence-electron chi connectivity index (χ1n) is 15.4. The Hall–Kier alpha value is -4.35. The van der Waals surface area contributed by atoms with E-state index in [2.05, 4.69) is 9.88 Å². The van der Waals surface area contributed by atoms with Gasteiger partial charge in [-0.1, -0.05) is 86.9 Å². The van der Waals surface area contributed by atoms with E-state index < -0.39 is 27.8 Å². The highest BCUT2D eigenvalue weighted by molar-refractivity contribution is 7.92. The molecule has 0 aliphatic rings. The van der Waals surface area contributed by atoms with E-state index in [0.29, 0.717) is 40.0 Å². The van der Waals surface area contributed by atoms with Crippen LogP contribution in [-0.4, -0.2) is 35.9 Å². The molecule has 9 nitrogen and oxygen atoms in total. The first-order valence-corrected chi connectivity index (χ1v) is 16.9. The maximum atomic E-state index is 14.4. The van der Waals surface area contributed by atoms with Gasteiger partial charge < -0.3 is 10.3 Å². The van der Waals surface area contributed by atoms with Gasteiger partial charge in [-0.05, 0) is 44.0 Å². The summed E-state index contributed by atoms with van der Waals surface area (Å²) in [6, 6.07) is 18.8. The minimum atomic E-state index is -4.14. The zero-order valence-electron chi connectivity index (χ0n) is 26.9. The molecular weight excluding hydrogens is 607 g/mol. The zero-order chi connectivity index (χ0) is 33.6. The summed E-state index contributed by atoms with van der Waals surface area (Å²) in [6.45, 7) is 9.24. The number of hydrogen-bond donors (Lipinski definition) is 2. The zero-order valence-corrected chi connectivity index (χ0v) is 27.7. The summed E-state index contributed by atoms with van der Waals surface area (Å²) in [5.41, 5.74) is 8.94. The number of nitrogens with two attached hydrogens (primary N) is 1. The van der Waals surface area contributed by atoms with Crippen LogP contribution in [0.3, 0.4) is 0 Å². The lowest BCUT2D eigenvalue weighted by atomic mass is 9.92. The molecule has 4 rings (SSSR count).